The van der Waals surface area contributed by atoms with Crippen LogP contribution >= 0.6 is 0 Å². The summed E-state index contributed by atoms with van der Waals surface area (Å²) >= 11 is 0. The molecule has 8 heteroatoms. The molecule has 2 amide bonds. The summed E-state index contributed by atoms with van der Waals surface area (Å²) in [5, 5.41) is 2.83. The van der Waals surface area contributed by atoms with Gasteiger partial charge in [-0.1, -0.05) is 12.1 Å². The van der Waals surface area contributed by atoms with Crippen LogP contribution in [-0.2, 0) is 13.0 Å². The summed E-state index contributed by atoms with van der Waals surface area (Å²) in [5.41, 5.74) is 2.16. The SMILES string of the molecule is CN1CCn2cc(C(=O)NCCc3nc4ccccc4[nH]3)nc2C1=O. The van der Waals surface area contributed by atoms with Gasteiger partial charge in [0.05, 0.1) is 11.0 Å². The van der Waals surface area contributed by atoms with E-state index in [1.807, 2.05) is 24.3 Å². The van der Waals surface area contributed by atoms with Crippen LogP contribution in [0, 0.1) is 0 Å². The Hall–Kier alpha value is -3.16. The Kier molecular flexibility index (Phi) is 3.72. The van der Waals surface area contributed by atoms with Gasteiger partial charge in [0, 0.05) is 39.3 Å². The van der Waals surface area contributed by atoms with Gasteiger partial charge >= 0.3 is 0 Å². The smallest absolute Gasteiger partial charge is 0.289 e. The average Bonchev–Trinajstić information content (AvgIpc) is 3.22. The van der Waals surface area contributed by atoms with E-state index < -0.39 is 0 Å². The zero-order valence-electron chi connectivity index (χ0n) is 13.8. The lowest BCUT2D eigenvalue weighted by Gasteiger charge is -2.22. The lowest BCUT2D eigenvalue weighted by molar-refractivity contribution is 0.0741. The van der Waals surface area contributed by atoms with Crippen LogP contribution in [0.2, 0.25) is 0 Å². The maximum atomic E-state index is 12.3. The van der Waals surface area contributed by atoms with Crippen LogP contribution < -0.4 is 5.32 Å². The van der Waals surface area contributed by atoms with Crippen LogP contribution in [0.15, 0.2) is 30.5 Å². The quantitative estimate of drug-likeness (QED) is 0.736. The first-order valence-corrected chi connectivity index (χ1v) is 8.16. The van der Waals surface area contributed by atoms with Gasteiger partial charge in [-0.15, -0.1) is 0 Å². The molecule has 2 N–H and O–H groups in total. The minimum atomic E-state index is -0.284. The van der Waals surface area contributed by atoms with E-state index >= 15 is 0 Å². The number of aromatic nitrogens is 4. The fourth-order valence-electron chi connectivity index (χ4n) is 2.91. The minimum Gasteiger partial charge on any atom is -0.350 e. The van der Waals surface area contributed by atoms with E-state index in [1.54, 1.807) is 22.7 Å². The van der Waals surface area contributed by atoms with E-state index in [1.165, 1.54) is 0 Å². The van der Waals surface area contributed by atoms with E-state index in [0.717, 1.165) is 16.9 Å². The van der Waals surface area contributed by atoms with Crippen molar-refractivity contribution in [1.29, 1.82) is 0 Å². The zero-order valence-corrected chi connectivity index (χ0v) is 13.8. The molecule has 4 rings (SSSR count). The van der Waals surface area contributed by atoms with Gasteiger partial charge in [-0.25, -0.2) is 9.97 Å². The maximum absolute atomic E-state index is 12.3. The van der Waals surface area contributed by atoms with E-state index in [4.69, 9.17) is 0 Å². The number of likely N-dealkylation sites (N-methyl/N-ethyl adjacent to an activating group) is 1. The standard InChI is InChI=1S/C17H18N6O2/c1-22-8-9-23-10-13(21-15(23)17(22)25)16(24)18-7-6-14-19-11-4-2-3-5-12(11)20-14/h2-5,10H,6-9H2,1H3,(H,18,24)(H,19,20). The summed E-state index contributed by atoms with van der Waals surface area (Å²) in [6.45, 7) is 1.71. The molecule has 0 saturated carbocycles. The topological polar surface area (TPSA) is 95.9 Å². The van der Waals surface area contributed by atoms with Crippen molar-refractivity contribution in [3.63, 3.8) is 0 Å². The molecule has 0 atom stereocenters. The second kappa shape index (κ2) is 6.04. The van der Waals surface area contributed by atoms with Crippen molar-refractivity contribution in [2.45, 2.75) is 13.0 Å². The van der Waals surface area contributed by atoms with Gasteiger partial charge in [0.1, 0.15) is 11.5 Å². The highest BCUT2D eigenvalue weighted by atomic mass is 16.2. The number of hydrogen-bond acceptors (Lipinski definition) is 4. The highest BCUT2D eigenvalue weighted by Gasteiger charge is 2.25. The Labute approximate surface area is 143 Å². The second-order valence-electron chi connectivity index (χ2n) is 6.08. The van der Waals surface area contributed by atoms with Crippen LogP contribution in [0.3, 0.4) is 0 Å². The monoisotopic (exact) mass is 338 g/mol. The Morgan fingerprint density at radius 3 is 2.96 bits per heavy atom. The Morgan fingerprint density at radius 1 is 1.28 bits per heavy atom. The molecule has 8 nitrogen and oxygen atoms in total. The molecule has 0 fully saturated rings. The van der Waals surface area contributed by atoms with Crippen molar-refractivity contribution in [1.82, 2.24) is 29.7 Å². The lowest BCUT2D eigenvalue weighted by Crippen LogP contribution is -2.37. The molecule has 0 spiro atoms. The number of para-hydroxylation sites is 2. The minimum absolute atomic E-state index is 0.160. The molecule has 2 aromatic heterocycles. The molecule has 3 heterocycles. The number of carbonyl (C=O) groups excluding carboxylic acids is 2. The van der Waals surface area contributed by atoms with Gasteiger partial charge in [0.25, 0.3) is 11.8 Å². The van der Waals surface area contributed by atoms with E-state index in [-0.39, 0.29) is 17.5 Å². The molecule has 1 aliphatic heterocycles. The highest BCUT2D eigenvalue weighted by Crippen LogP contribution is 2.12. The van der Waals surface area contributed by atoms with E-state index in [9.17, 15) is 9.59 Å². The molecule has 0 unspecified atom stereocenters. The summed E-state index contributed by atoms with van der Waals surface area (Å²) < 4.78 is 1.73. The van der Waals surface area contributed by atoms with E-state index in [2.05, 4.69) is 20.3 Å². The van der Waals surface area contributed by atoms with Gasteiger partial charge in [-0.3, -0.25) is 9.59 Å². The van der Waals surface area contributed by atoms with Crippen LogP contribution in [0.4, 0.5) is 0 Å². The summed E-state index contributed by atoms with van der Waals surface area (Å²) in [6, 6.07) is 7.80. The normalized spacial score (nSPS) is 14.0. The number of nitrogens with one attached hydrogen (secondary N) is 2. The van der Waals surface area contributed by atoms with Crippen LogP contribution in [-0.4, -0.2) is 56.4 Å². The number of carbonyl (C=O) groups is 2. The van der Waals surface area contributed by atoms with Crippen LogP contribution in [0.1, 0.15) is 26.9 Å². The number of amides is 2. The van der Waals surface area contributed by atoms with Gasteiger partial charge in [0.2, 0.25) is 0 Å². The fraction of sp³-hybridized carbons (Fsp3) is 0.294. The molecular weight excluding hydrogens is 320 g/mol. The fourth-order valence-corrected chi connectivity index (χ4v) is 2.91. The number of rotatable bonds is 4. The summed E-state index contributed by atoms with van der Waals surface area (Å²) in [6.07, 6.45) is 2.23. The number of imidazole rings is 2. The molecule has 0 bridgehead atoms. The molecule has 0 radical (unpaired) electrons. The van der Waals surface area contributed by atoms with Gasteiger partial charge in [0.15, 0.2) is 5.82 Å². The van der Waals surface area contributed by atoms with Crippen molar-refractivity contribution in [2.75, 3.05) is 20.1 Å². The highest BCUT2D eigenvalue weighted by molar-refractivity contribution is 5.96. The van der Waals surface area contributed by atoms with E-state index in [0.29, 0.717) is 31.9 Å². The van der Waals surface area contributed by atoms with Crippen LogP contribution in [0.5, 0.6) is 0 Å². The Bertz CT molecular complexity index is 924. The van der Waals surface area contributed by atoms with Crippen LogP contribution in [0.25, 0.3) is 11.0 Å². The predicted molar refractivity (Wildman–Crippen MR) is 91.3 cm³/mol. The Balaban J connectivity index is 1.39. The number of aromatic amines is 1. The first kappa shape index (κ1) is 15.4. The van der Waals surface area contributed by atoms with Crippen molar-refractivity contribution in [3.8, 4) is 0 Å². The molecule has 0 saturated heterocycles. The number of nitrogens with zero attached hydrogens (tertiary/aromatic N) is 4. The van der Waals surface area contributed by atoms with Crippen molar-refractivity contribution >= 4 is 22.8 Å². The molecule has 1 aromatic carbocycles. The molecule has 3 aromatic rings. The zero-order chi connectivity index (χ0) is 17.4. The van der Waals surface area contributed by atoms with Crippen molar-refractivity contribution in [3.05, 3.63) is 47.8 Å². The number of H-pyrrole nitrogens is 1. The average molecular weight is 338 g/mol. The largest absolute Gasteiger partial charge is 0.350 e. The third kappa shape index (κ3) is 2.86. The van der Waals surface area contributed by atoms with Gasteiger partial charge in [-0.2, -0.15) is 0 Å². The second-order valence-corrected chi connectivity index (χ2v) is 6.08. The Morgan fingerprint density at radius 2 is 2.12 bits per heavy atom. The summed E-state index contributed by atoms with van der Waals surface area (Å²) in [7, 11) is 1.73. The summed E-state index contributed by atoms with van der Waals surface area (Å²) in [5.74, 6) is 0.694. The number of benzene rings is 1. The van der Waals surface area contributed by atoms with Crippen molar-refractivity contribution < 1.29 is 9.59 Å². The first-order valence-electron chi connectivity index (χ1n) is 8.16. The molecule has 128 valence electrons. The molecule has 0 aliphatic carbocycles. The number of hydrogen-bond donors (Lipinski definition) is 2. The first-order chi connectivity index (χ1) is 12.1. The maximum Gasteiger partial charge on any atom is 0.289 e. The van der Waals surface area contributed by atoms with Crippen molar-refractivity contribution in [2.24, 2.45) is 0 Å². The third-order valence-electron chi connectivity index (χ3n) is 4.31. The summed E-state index contributed by atoms with van der Waals surface area (Å²) in [4.78, 5) is 37.8. The lowest BCUT2D eigenvalue weighted by atomic mass is 10.3. The molecular formula is C17H18N6O2. The predicted octanol–water partition coefficient (Wildman–Crippen LogP) is 0.817. The van der Waals surface area contributed by atoms with Gasteiger partial charge < -0.3 is 19.8 Å². The molecule has 1 aliphatic rings. The number of fused-ring (bicyclic) bond motifs is 2. The van der Waals surface area contributed by atoms with Gasteiger partial charge in [-0.05, 0) is 12.1 Å². The third-order valence-corrected chi connectivity index (χ3v) is 4.31. The molecule has 25 heavy (non-hydrogen) atoms.